The molecule has 0 atom stereocenters. The summed E-state index contributed by atoms with van der Waals surface area (Å²) in [5.74, 6) is 0.188. The first kappa shape index (κ1) is 62.9. The molecule has 1 aromatic heterocycles. The minimum Gasteiger partial charge on any atom is -0.490 e. The van der Waals surface area contributed by atoms with Gasteiger partial charge in [0, 0.05) is 26.2 Å². The first-order valence-corrected chi connectivity index (χ1v) is 24.9. The van der Waals surface area contributed by atoms with Gasteiger partial charge in [-0.25, -0.2) is 43.6 Å². The second-order valence-corrected chi connectivity index (χ2v) is 23.2. The molecule has 0 radical (unpaired) electrons. The van der Waals surface area contributed by atoms with Gasteiger partial charge < -0.3 is 33.2 Å². The largest absolute Gasteiger partial charge is 0.490 e. The van der Waals surface area contributed by atoms with Crippen molar-refractivity contribution in [3.8, 4) is 5.75 Å². The average molecular weight is 1030 g/mol. The summed E-state index contributed by atoms with van der Waals surface area (Å²) in [6, 6.07) is 3.30. The van der Waals surface area contributed by atoms with Crippen molar-refractivity contribution in [1.29, 1.82) is 0 Å². The molecule has 2 heterocycles. The maximum atomic E-state index is 14.2. The van der Waals surface area contributed by atoms with E-state index >= 15 is 0 Å². The first-order valence-electron chi connectivity index (χ1n) is 24.9. The number of carbonyl (C=O) groups is 6. The van der Waals surface area contributed by atoms with E-state index in [0.29, 0.717) is 56.1 Å². The van der Waals surface area contributed by atoms with Crippen molar-refractivity contribution >= 4 is 54.3 Å². The fraction of sp³-hybridized carbons (Fsp3) is 0.725. The Balaban J connectivity index is 2.36. The van der Waals surface area contributed by atoms with Crippen LogP contribution in [0.3, 0.4) is 0 Å². The number of aliphatic imine (C=N–C) groups is 3. The Morgan fingerprint density at radius 3 is 1.56 bits per heavy atom. The fourth-order valence-electron chi connectivity index (χ4n) is 6.18. The van der Waals surface area contributed by atoms with Gasteiger partial charge in [0.25, 0.3) is 0 Å². The Hall–Kier alpha value is -6.22. The highest BCUT2D eigenvalue weighted by molar-refractivity contribution is 6.06. The number of amidine groups is 1. The number of aromatic nitrogens is 1. The molecule has 0 bridgehead atoms. The molecule has 0 unspecified atom stereocenters. The molecule has 412 valence electrons. The lowest BCUT2D eigenvalue weighted by atomic mass is 10.1. The lowest BCUT2D eigenvalue weighted by Crippen LogP contribution is -2.53. The molecule has 1 aliphatic heterocycles. The van der Waals surface area contributed by atoms with Gasteiger partial charge in [0.1, 0.15) is 51.7 Å². The molecule has 1 aromatic rings. The van der Waals surface area contributed by atoms with Gasteiger partial charge in [0.2, 0.25) is 11.9 Å². The topological polar surface area (TPSA) is 251 Å². The summed E-state index contributed by atoms with van der Waals surface area (Å²) in [4.78, 5) is 101. The summed E-state index contributed by atoms with van der Waals surface area (Å²) in [6.07, 6.45) is 1.03. The Kier molecular flexibility index (Phi) is 23.4. The highest BCUT2D eigenvalue weighted by Gasteiger charge is 2.36. The van der Waals surface area contributed by atoms with E-state index in [1.807, 2.05) is 0 Å². The van der Waals surface area contributed by atoms with Crippen LogP contribution in [-0.4, -0.2) is 147 Å². The van der Waals surface area contributed by atoms with Crippen LogP contribution in [0.1, 0.15) is 175 Å². The van der Waals surface area contributed by atoms with E-state index in [4.69, 9.17) is 33.2 Å². The van der Waals surface area contributed by atoms with Crippen LogP contribution in [0.5, 0.6) is 5.75 Å². The van der Waals surface area contributed by atoms with E-state index in [0.717, 1.165) is 29.1 Å². The molecular weight excluding hydrogens is 947 g/mol. The normalized spacial score (nSPS) is 13.6. The molecule has 0 saturated carbocycles. The molecule has 2 rings (SSSR count). The standard InChI is InChI=1S/C51H85N9O13/c1-46(2,3)68-40(61)55-38(56-41(62)69-47(4,5)6)53-28-23-21-19-20-22-24-30-59(44(65)72-50(13,14)15)39(57-42(63)70-48(7,8)9)60(45(66)73-51(16,17)18)32-33-67-35-26-27-36(54-34-35)37-52-29-25-31-58(37)43(64)71-49(10,11)12/h26-27,34H,19-25,28-33H2,1-18H3,(H2,53,55,56,61,62)/b57-39-. The van der Waals surface area contributed by atoms with Gasteiger partial charge in [-0.05, 0) is 156 Å². The van der Waals surface area contributed by atoms with Crippen molar-refractivity contribution in [2.45, 2.75) is 203 Å². The van der Waals surface area contributed by atoms with Crippen LogP contribution in [0.15, 0.2) is 33.3 Å². The number of hydrogen-bond acceptors (Lipinski definition) is 16. The van der Waals surface area contributed by atoms with Crippen molar-refractivity contribution in [3.05, 3.63) is 24.0 Å². The van der Waals surface area contributed by atoms with E-state index < -0.39 is 70.2 Å². The monoisotopic (exact) mass is 1030 g/mol. The van der Waals surface area contributed by atoms with Crippen LogP contribution in [0.25, 0.3) is 0 Å². The van der Waals surface area contributed by atoms with Crippen molar-refractivity contribution in [3.63, 3.8) is 0 Å². The molecule has 22 nitrogen and oxygen atoms in total. The molecule has 0 spiro atoms. The van der Waals surface area contributed by atoms with Gasteiger partial charge in [-0.1, -0.05) is 25.7 Å². The average Bonchev–Trinajstić information content (AvgIpc) is 3.18. The van der Waals surface area contributed by atoms with E-state index in [9.17, 15) is 28.8 Å². The second kappa shape index (κ2) is 27.2. The van der Waals surface area contributed by atoms with Crippen LogP contribution in [-0.2, 0) is 28.4 Å². The van der Waals surface area contributed by atoms with E-state index in [-0.39, 0.29) is 38.2 Å². The summed E-state index contributed by atoms with van der Waals surface area (Å²) >= 11 is 0. The molecule has 1 aliphatic rings. The Morgan fingerprint density at radius 2 is 1.08 bits per heavy atom. The summed E-state index contributed by atoms with van der Waals surface area (Å²) in [5.41, 5.74) is -4.80. The molecule has 73 heavy (non-hydrogen) atoms. The number of pyridine rings is 1. The molecule has 0 aliphatic carbocycles. The van der Waals surface area contributed by atoms with Crippen molar-refractivity contribution in [1.82, 2.24) is 30.3 Å². The number of alkyl carbamates (subject to hydrolysis) is 2. The highest BCUT2D eigenvalue weighted by Crippen LogP contribution is 2.21. The van der Waals surface area contributed by atoms with Crippen LogP contribution in [0, 0.1) is 0 Å². The summed E-state index contributed by atoms with van der Waals surface area (Å²) in [5, 5.41) is 4.95. The van der Waals surface area contributed by atoms with Crippen molar-refractivity contribution in [2.75, 3.05) is 39.3 Å². The number of nitrogens with zero attached hydrogens (tertiary/aromatic N) is 7. The number of unbranched alkanes of at least 4 members (excludes halogenated alkanes) is 5. The third kappa shape index (κ3) is 27.4. The van der Waals surface area contributed by atoms with Crippen LogP contribution >= 0.6 is 0 Å². The van der Waals surface area contributed by atoms with Crippen molar-refractivity contribution in [2.24, 2.45) is 15.0 Å². The lowest BCUT2D eigenvalue weighted by Gasteiger charge is -2.34. The molecule has 22 heteroatoms. The predicted molar refractivity (Wildman–Crippen MR) is 277 cm³/mol. The molecule has 0 fully saturated rings. The van der Waals surface area contributed by atoms with Gasteiger partial charge in [-0.3, -0.25) is 25.5 Å². The highest BCUT2D eigenvalue weighted by atomic mass is 16.6. The first-order chi connectivity index (χ1) is 33.4. The van der Waals surface area contributed by atoms with Crippen LogP contribution in [0.2, 0.25) is 0 Å². The minimum absolute atomic E-state index is 0.0212. The third-order valence-electron chi connectivity index (χ3n) is 8.81. The maximum absolute atomic E-state index is 14.2. The van der Waals surface area contributed by atoms with Crippen molar-refractivity contribution < 1.29 is 61.9 Å². The second-order valence-electron chi connectivity index (χ2n) is 23.2. The number of ether oxygens (including phenoxy) is 7. The summed E-state index contributed by atoms with van der Waals surface area (Å²) in [7, 11) is 0. The molecule has 6 amide bonds. The van der Waals surface area contributed by atoms with E-state index in [1.165, 1.54) is 11.1 Å². The quantitative estimate of drug-likeness (QED) is 0.0761. The van der Waals surface area contributed by atoms with Crippen LogP contribution < -0.4 is 15.4 Å². The maximum Gasteiger partial charge on any atom is 0.437 e. The zero-order valence-corrected chi connectivity index (χ0v) is 46.9. The summed E-state index contributed by atoms with van der Waals surface area (Å²) in [6.45, 7) is 31.5. The number of nitrogens with one attached hydrogen (secondary N) is 2. The van der Waals surface area contributed by atoms with Gasteiger partial charge in [0.15, 0.2) is 5.84 Å². The minimum atomic E-state index is -1.07. The molecule has 0 saturated heterocycles. The molecular formula is C51H85N9O13. The number of rotatable bonds is 14. The van der Waals surface area contributed by atoms with Gasteiger partial charge >= 0.3 is 36.6 Å². The predicted octanol–water partition coefficient (Wildman–Crippen LogP) is 10.4. The Morgan fingerprint density at radius 1 is 0.603 bits per heavy atom. The van der Waals surface area contributed by atoms with Crippen LogP contribution in [0.4, 0.5) is 28.8 Å². The number of hydrogen-bond donors (Lipinski definition) is 2. The SMILES string of the molecule is CC(C)(C)OC(=O)/N=C(/N(CCCCCCCCN=C(NC(=O)OC(C)(C)C)NC(=O)OC(C)(C)C)C(=O)OC(C)(C)C)N(CCOc1ccc(C2=NCCCN2C(=O)OC(C)(C)C)nc1)C(=O)OC(C)(C)C. The summed E-state index contributed by atoms with van der Waals surface area (Å²) < 4.78 is 39.5. The van der Waals surface area contributed by atoms with E-state index in [2.05, 4.69) is 30.6 Å². The fourth-order valence-corrected chi connectivity index (χ4v) is 6.18. The zero-order chi connectivity index (χ0) is 55.6. The lowest BCUT2D eigenvalue weighted by molar-refractivity contribution is 0.0257. The Bertz CT molecular complexity index is 2070. The van der Waals surface area contributed by atoms with Gasteiger partial charge in [-0.2, -0.15) is 0 Å². The zero-order valence-electron chi connectivity index (χ0n) is 46.9. The molecule has 2 N–H and O–H groups in total. The third-order valence-corrected chi connectivity index (χ3v) is 8.81. The number of amides is 6. The van der Waals surface area contributed by atoms with E-state index in [1.54, 1.807) is 137 Å². The molecule has 0 aromatic carbocycles. The Labute approximate surface area is 432 Å². The number of carbonyl (C=O) groups excluding carboxylic acids is 6. The van der Waals surface area contributed by atoms with Gasteiger partial charge in [0.05, 0.1) is 12.7 Å². The van der Waals surface area contributed by atoms with Gasteiger partial charge in [-0.15, -0.1) is 4.99 Å². The smallest absolute Gasteiger partial charge is 0.437 e. The number of guanidine groups is 2.